The third-order valence-electron chi connectivity index (χ3n) is 3.24. The number of hydrogen-bond donors (Lipinski definition) is 0. The van der Waals surface area contributed by atoms with Crippen molar-refractivity contribution in [2.75, 3.05) is 6.26 Å². The number of rotatable bonds is 3. The van der Waals surface area contributed by atoms with Crippen molar-refractivity contribution in [3.05, 3.63) is 52.9 Å². The second-order valence-electron chi connectivity index (χ2n) is 4.26. The first-order chi connectivity index (χ1) is 7.88. The summed E-state index contributed by atoms with van der Waals surface area (Å²) in [5.41, 5.74) is 3.05. The molecule has 0 radical (unpaired) electrons. The lowest BCUT2D eigenvalue weighted by Crippen LogP contribution is -1.81. The summed E-state index contributed by atoms with van der Waals surface area (Å²) in [6.07, 6.45) is 3.48. The van der Waals surface area contributed by atoms with Gasteiger partial charge in [0.15, 0.2) is 0 Å². The average Bonchev–Trinajstić information content (AvgIpc) is 3.01. The molecule has 0 amide bonds. The van der Waals surface area contributed by atoms with Crippen LogP contribution in [0.25, 0.3) is 0 Å². The fourth-order valence-electron chi connectivity index (χ4n) is 2.26. The first-order valence-electron chi connectivity index (χ1n) is 5.56. The fraction of sp³-hybridized carbons (Fsp3) is 0.286. The summed E-state index contributed by atoms with van der Waals surface area (Å²) in [6, 6.07) is 13.3. The van der Waals surface area contributed by atoms with Crippen molar-refractivity contribution in [3.63, 3.8) is 0 Å². The van der Waals surface area contributed by atoms with Crippen LogP contribution < -0.4 is 0 Å². The lowest BCUT2D eigenvalue weighted by atomic mass is 10.1. The van der Waals surface area contributed by atoms with Gasteiger partial charge in [0.25, 0.3) is 0 Å². The minimum atomic E-state index is 0.769. The number of thiophene rings is 1. The zero-order valence-corrected chi connectivity index (χ0v) is 10.9. The van der Waals surface area contributed by atoms with Crippen LogP contribution in [0.15, 0.2) is 46.0 Å². The van der Waals surface area contributed by atoms with Crippen molar-refractivity contribution in [3.8, 4) is 0 Å². The standard InChI is InChI=1S/C14H14S2/c1-15-14-7-11(9-16-14)13-8-12(13)10-5-3-2-4-6-10/h2-7,9,12-13H,8H2,1H3. The predicted octanol–water partition coefficient (Wildman–Crippen LogP) is 4.74. The van der Waals surface area contributed by atoms with Crippen molar-refractivity contribution in [2.24, 2.45) is 0 Å². The molecule has 2 unspecified atom stereocenters. The van der Waals surface area contributed by atoms with Gasteiger partial charge in [-0.15, -0.1) is 23.1 Å². The van der Waals surface area contributed by atoms with E-state index in [1.807, 2.05) is 23.1 Å². The highest BCUT2D eigenvalue weighted by atomic mass is 32.2. The summed E-state index contributed by atoms with van der Waals surface area (Å²) in [6.45, 7) is 0. The molecular formula is C14H14S2. The van der Waals surface area contributed by atoms with Crippen LogP contribution in [0, 0.1) is 0 Å². The SMILES string of the molecule is CSc1cc(C2CC2c2ccccc2)cs1. The lowest BCUT2D eigenvalue weighted by Gasteiger charge is -1.98. The lowest BCUT2D eigenvalue weighted by molar-refractivity contribution is 1.03. The number of thioether (sulfide) groups is 1. The Labute approximate surface area is 105 Å². The average molecular weight is 246 g/mol. The summed E-state index contributed by atoms with van der Waals surface area (Å²) in [7, 11) is 0. The van der Waals surface area contributed by atoms with E-state index < -0.39 is 0 Å². The Hall–Kier alpha value is -0.730. The summed E-state index contributed by atoms with van der Waals surface area (Å²) in [5, 5.41) is 2.33. The predicted molar refractivity (Wildman–Crippen MR) is 72.6 cm³/mol. The smallest absolute Gasteiger partial charge is 0.0598 e. The molecule has 1 aromatic carbocycles. The zero-order chi connectivity index (χ0) is 11.0. The zero-order valence-electron chi connectivity index (χ0n) is 9.22. The molecule has 0 N–H and O–H groups in total. The van der Waals surface area contributed by atoms with Gasteiger partial charge in [0.1, 0.15) is 0 Å². The topological polar surface area (TPSA) is 0 Å². The van der Waals surface area contributed by atoms with E-state index in [-0.39, 0.29) is 0 Å². The molecule has 3 rings (SSSR count). The van der Waals surface area contributed by atoms with Crippen LogP contribution in [-0.2, 0) is 0 Å². The van der Waals surface area contributed by atoms with Gasteiger partial charge in [0.05, 0.1) is 4.21 Å². The second-order valence-corrected chi connectivity index (χ2v) is 6.28. The van der Waals surface area contributed by atoms with Gasteiger partial charge in [-0.25, -0.2) is 0 Å². The molecule has 2 heteroatoms. The quantitative estimate of drug-likeness (QED) is 0.705. The van der Waals surface area contributed by atoms with Gasteiger partial charge in [0, 0.05) is 0 Å². The molecule has 0 bridgehead atoms. The van der Waals surface area contributed by atoms with E-state index in [9.17, 15) is 0 Å². The Morgan fingerprint density at radius 1 is 1.12 bits per heavy atom. The monoisotopic (exact) mass is 246 g/mol. The summed E-state index contributed by atoms with van der Waals surface area (Å²) in [4.78, 5) is 0. The molecule has 1 aliphatic rings. The maximum absolute atomic E-state index is 2.36. The first-order valence-corrected chi connectivity index (χ1v) is 7.66. The van der Waals surface area contributed by atoms with Crippen molar-refractivity contribution < 1.29 is 0 Å². The van der Waals surface area contributed by atoms with Crippen molar-refractivity contribution >= 4 is 23.1 Å². The van der Waals surface area contributed by atoms with Crippen LogP contribution in [-0.4, -0.2) is 6.26 Å². The van der Waals surface area contributed by atoms with E-state index in [4.69, 9.17) is 0 Å². The van der Waals surface area contributed by atoms with Gasteiger partial charge in [0.2, 0.25) is 0 Å². The summed E-state index contributed by atoms with van der Waals surface area (Å²) >= 11 is 3.73. The molecule has 0 aliphatic heterocycles. The van der Waals surface area contributed by atoms with Gasteiger partial charge in [-0.2, -0.15) is 0 Å². The van der Waals surface area contributed by atoms with E-state index in [0.717, 1.165) is 11.8 Å². The molecule has 16 heavy (non-hydrogen) atoms. The highest BCUT2D eigenvalue weighted by Crippen LogP contribution is 2.55. The van der Waals surface area contributed by atoms with Gasteiger partial charge in [-0.05, 0) is 47.1 Å². The molecule has 1 saturated carbocycles. The molecule has 1 aliphatic carbocycles. The van der Waals surface area contributed by atoms with Crippen LogP contribution in [0.5, 0.6) is 0 Å². The van der Waals surface area contributed by atoms with Crippen LogP contribution in [0.1, 0.15) is 29.4 Å². The maximum atomic E-state index is 2.36. The van der Waals surface area contributed by atoms with Gasteiger partial charge >= 0.3 is 0 Å². The Morgan fingerprint density at radius 2 is 1.88 bits per heavy atom. The van der Waals surface area contributed by atoms with E-state index in [2.05, 4.69) is 48.0 Å². The van der Waals surface area contributed by atoms with Crippen molar-refractivity contribution in [2.45, 2.75) is 22.5 Å². The summed E-state index contributed by atoms with van der Waals surface area (Å²) < 4.78 is 1.44. The Bertz CT molecular complexity index is 472. The molecule has 2 aromatic rings. The molecule has 1 aromatic heterocycles. The maximum Gasteiger partial charge on any atom is 0.0598 e. The molecule has 0 spiro atoms. The molecule has 1 fully saturated rings. The van der Waals surface area contributed by atoms with E-state index >= 15 is 0 Å². The van der Waals surface area contributed by atoms with E-state index in [1.165, 1.54) is 16.2 Å². The molecule has 1 heterocycles. The largest absolute Gasteiger partial charge is 0.137 e. The van der Waals surface area contributed by atoms with Crippen LogP contribution in [0.3, 0.4) is 0 Å². The Balaban J connectivity index is 1.76. The van der Waals surface area contributed by atoms with Crippen molar-refractivity contribution in [1.82, 2.24) is 0 Å². The Kier molecular flexibility index (Phi) is 2.78. The molecule has 0 saturated heterocycles. The minimum absolute atomic E-state index is 0.769. The Morgan fingerprint density at radius 3 is 2.56 bits per heavy atom. The van der Waals surface area contributed by atoms with Crippen LogP contribution in [0.4, 0.5) is 0 Å². The van der Waals surface area contributed by atoms with Gasteiger partial charge < -0.3 is 0 Å². The molecular weight excluding hydrogens is 232 g/mol. The first kappa shape index (κ1) is 10.4. The summed E-state index contributed by atoms with van der Waals surface area (Å²) in [5.74, 6) is 1.55. The van der Waals surface area contributed by atoms with Crippen LogP contribution in [0.2, 0.25) is 0 Å². The van der Waals surface area contributed by atoms with E-state index in [0.29, 0.717) is 0 Å². The van der Waals surface area contributed by atoms with Gasteiger partial charge in [-0.1, -0.05) is 30.3 Å². The minimum Gasteiger partial charge on any atom is -0.137 e. The highest BCUT2D eigenvalue weighted by molar-refractivity contribution is 8.00. The number of hydrogen-bond acceptors (Lipinski definition) is 2. The normalized spacial score (nSPS) is 23.3. The van der Waals surface area contributed by atoms with Crippen LogP contribution >= 0.6 is 23.1 Å². The molecule has 0 nitrogen and oxygen atoms in total. The number of benzene rings is 1. The fourth-order valence-corrected chi connectivity index (χ4v) is 3.75. The molecule has 2 atom stereocenters. The third kappa shape index (κ3) is 1.92. The van der Waals surface area contributed by atoms with Crippen molar-refractivity contribution in [1.29, 1.82) is 0 Å². The second kappa shape index (κ2) is 4.27. The highest BCUT2D eigenvalue weighted by Gasteiger charge is 2.39. The third-order valence-corrected chi connectivity index (χ3v) is 5.29. The molecule has 82 valence electrons. The van der Waals surface area contributed by atoms with E-state index in [1.54, 1.807) is 5.56 Å². The van der Waals surface area contributed by atoms with Gasteiger partial charge in [-0.3, -0.25) is 0 Å².